The molecule has 0 fully saturated rings. The first-order chi connectivity index (χ1) is 13.9. The molecule has 0 spiro atoms. The number of fused-ring (bicyclic) bond motifs is 1. The number of benzene rings is 2. The summed E-state index contributed by atoms with van der Waals surface area (Å²) in [5.41, 5.74) is 1.17. The predicted octanol–water partition coefficient (Wildman–Crippen LogP) is 2.86. The quantitative estimate of drug-likeness (QED) is 0.743. The number of methoxy groups -OCH3 is 3. The van der Waals surface area contributed by atoms with Gasteiger partial charge in [-0.1, -0.05) is 17.7 Å². The van der Waals surface area contributed by atoms with Crippen molar-refractivity contribution in [3.05, 3.63) is 52.0 Å². The van der Waals surface area contributed by atoms with Gasteiger partial charge in [-0.3, -0.25) is 4.79 Å². The van der Waals surface area contributed by atoms with E-state index in [1.165, 1.54) is 39.5 Å². The normalized spacial score (nSPS) is 15.0. The van der Waals surface area contributed by atoms with Gasteiger partial charge in [-0.15, -0.1) is 0 Å². The van der Waals surface area contributed by atoms with Crippen molar-refractivity contribution in [1.29, 1.82) is 0 Å². The van der Waals surface area contributed by atoms with Crippen LogP contribution in [0.1, 0.15) is 26.3 Å². The lowest BCUT2D eigenvalue weighted by Gasteiger charge is -2.24. The van der Waals surface area contributed by atoms with Gasteiger partial charge in [0, 0.05) is 23.6 Å². The zero-order chi connectivity index (χ0) is 21.1. The number of cyclic esters (lactones) is 1. The van der Waals surface area contributed by atoms with Crippen molar-refractivity contribution in [3.8, 4) is 11.5 Å². The average Bonchev–Trinajstić information content (AvgIpc) is 2.73. The van der Waals surface area contributed by atoms with E-state index in [1.54, 1.807) is 12.1 Å². The van der Waals surface area contributed by atoms with Crippen LogP contribution in [0, 0.1) is 0 Å². The maximum Gasteiger partial charge on any atom is 0.340 e. The molecular formula is C20H18ClNO7. The highest BCUT2D eigenvalue weighted by atomic mass is 35.5. The van der Waals surface area contributed by atoms with Crippen LogP contribution in [0.15, 0.2) is 30.3 Å². The zero-order valence-corrected chi connectivity index (χ0v) is 16.7. The molecule has 1 aliphatic rings. The van der Waals surface area contributed by atoms with Crippen molar-refractivity contribution in [3.63, 3.8) is 0 Å². The highest BCUT2D eigenvalue weighted by Crippen LogP contribution is 2.34. The van der Waals surface area contributed by atoms with Crippen LogP contribution < -0.4 is 14.8 Å². The second-order valence-corrected chi connectivity index (χ2v) is 6.57. The first kappa shape index (κ1) is 20.5. The lowest BCUT2D eigenvalue weighted by atomic mass is 9.98. The van der Waals surface area contributed by atoms with Gasteiger partial charge < -0.3 is 24.3 Å². The molecule has 1 amide bonds. The van der Waals surface area contributed by atoms with Crippen molar-refractivity contribution in [2.45, 2.75) is 12.5 Å². The van der Waals surface area contributed by atoms with Gasteiger partial charge in [-0.25, -0.2) is 9.59 Å². The van der Waals surface area contributed by atoms with E-state index in [0.717, 1.165) is 0 Å². The van der Waals surface area contributed by atoms with E-state index in [-0.39, 0.29) is 17.7 Å². The van der Waals surface area contributed by atoms with Crippen molar-refractivity contribution in [2.75, 3.05) is 26.6 Å². The van der Waals surface area contributed by atoms with Crippen LogP contribution in [0.3, 0.4) is 0 Å². The van der Waals surface area contributed by atoms with Crippen molar-refractivity contribution < 1.29 is 33.3 Å². The number of ether oxygens (including phenoxy) is 4. The first-order valence-corrected chi connectivity index (χ1v) is 8.90. The zero-order valence-electron chi connectivity index (χ0n) is 15.9. The van der Waals surface area contributed by atoms with Crippen LogP contribution >= 0.6 is 11.6 Å². The van der Waals surface area contributed by atoms with Crippen LogP contribution in [0.5, 0.6) is 11.5 Å². The summed E-state index contributed by atoms with van der Waals surface area (Å²) in [4.78, 5) is 37.1. The number of rotatable bonds is 5. The molecule has 1 atom stereocenters. The largest absolute Gasteiger partial charge is 0.493 e. The molecule has 0 radical (unpaired) electrons. The molecule has 0 aliphatic carbocycles. The van der Waals surface area contributed by atoms with E-state index in [1.807, 2.05) is 0 Å². The lowest BCUT2D eigenvalue weighted by molar-refractivity contribution is -0.125. The fraction of sp³-hybridized carbons (Fsp3) is 0.250. The monoisotopic (exact) mass is 419 g/mol. The van der Waals surface area contributed by atoms with Crippen LogP contribution in [-0.2, 0) is 20.7 Å². The van der Waals surface area contributed by atoms with E-state index in [4.69, 9.17) is 30.5 Å². The number of halogens is 1. The van der Waals surface area contributed by atoms with Gasteiger partial charge in [-0.05, 0) is 17.7 Å². The van der Waals surface area contributed by atoms with E-state index in [0.29, 0.717) is 27.6 Å². The van der Waals surface area contributed by atoms with E-state index in [9.17, 15) is 14.4 Å². The molecule has 0 bridgehead atoms. The number of carbonyl (C=O) groups is 3. The molecule has 1 aliphatic heterocycles. The Labute approximate surface area is 171 Å². The fourth-order valence-electron chi connectivity index (χ4n) is 2.97. The summed E-state index contributed by atoms with van der Waals surface area (Å²) in [5, 5.41) is 3.01. The van der Waals surface area contributed by atoms with Gasteiger partial charge in [0.05, 0.1) is 38.1 Å². The van der Waals surface area contributed by atoms with Gasteiger partial charge >= 0.3 is 11.9 Å². The summed E-state index contributed by atoms with van der Waals surface area (Å²) in [5.74, 6) is -1.33. The molecular weight excluding hydrogens is 402 g/mol. The third-order valence-corrected chi connectivity index (χ3v) is 4.66. The minimum absolute atomic E-state index is 0.0628. The smallest absolute Gasteiger partial charge is 0.340 e. The Bertz CT molecular complexity index is 989. The van der Waals surface area contributed by atoms with Gasteiger partial charge in [0.2, 0.25) is 0 Å². The number of nitrogens with one attached hydrogen (secondary N) is 1. The number of amides is 1. The summed E-state index contributed by atoms with van der Waals surface area (Å²) in [7, 11) is 4.06. The van der Waals surface area contributed by atoms with Gasteiger partial charge in [0.1, 0.15) is 0 Å². The molecule has 1 heterocycles. The minimum Gasteiger partial charge on any atom is -0.493 e. The maximum atomic E-state index is 12.8. The van der Waals surface area contributed by atoms with Gasteiger partial charge in [-0.2, -0.15) is 0 Å². The number of anilines is 1. The van der Waals surface area contributed by atoms with E-state index < -0.39 is 23.9 Å². The topological polar surface area (TPSA) is 100 Å². The number of esters is 2. The van der Waals surface area contributed by atoms with E-state index >= 15 is 0 Å². The maximum absolute atomic E-state index is 12.8. The first-order valence-electron chi connectivity index (χ1n) is 8.52. The molecule has 152 valence electrons. The Balaban J connectivity index is 1.89. The van der Waals surface area contributed by atoms with Gasteiger partial charge in [0.25, 0.3) is 5.91 Å². The third kappa shape index (κ3) is 4.12. The number of hydrogen-bond acceptors (Lipinski definition) is 7. The van der Waals surface area contributed by atoms with E-state index in [2.05, 4.69) is 5.32 Å². The second kappa shape index (κ2) is 8.40. The molecule has 2 aromatic carbocycles. The molecule has 29 heavy (non-hydrogen) atoms. The second-order valence-electron chi connectivity index (χ2n) is 6.13. The highest BCUT2D eigenvalue weighted by Gasteiger charge is 2.32. The Kier molecular flexibility index (Phi) is 5.93. The lowest BCUT2D eigenvalue weighted by Crippen LogP contribution is -2.38. The Morgan fingerprint density at radius 1 is 1.10 bits per heavy atom. The third-order valence-electron chi connectivity index (χ3n) is 4.43. The predicted molar refractivity (Wildman–Crippen MR) is 104 cm³/mol. The molecule has 9 heteroatoms. The van der Waals surface area contributed by atoms with Crippen molar-refractivity contribution >= 4 is 35.1 Å². The molecule has 0 aromatic heterocycles. The van der Waals surface area contributed by atoms with Crippen LogP contribution in [0.25, 0.3) is 0 Å². The van der Waals surface area contributed by atoms with Crippen LogP contribution in [0.2, 0.25) is 5.02 Å². The van der Waals surface area contributed by atoms with Crippen molar-refractivity contribution in [1.82, 2.24) is 0 Å². The standard InChI is InChI=1S/C20H18ClNO7/c1-26-15-8-13(19(24)28-3)14(9-16(15)27-2)22-18(23)17-6-10-4-5-11(21)7-12(10)20(25)29-17/h4-5,7-9,17H,6H2,1-3H3,(H,22,23)/t17-/m1/s1. The SMILES string of the molecule is COC(=O)c1cc(OC)c(OC)cc1NC(=O)[C@H]1Cc2ccc(Cl)cc2C(=O)O1. The molecule has 0 saturated heterocycles. The van der Waals surface area contributed by atoms with Crippen LogP contribution in [-0.4, -0.2) is 45.3 Å². The number of carbonyl (C=O) groups excluding carboxylic acids is 3. The summed E-state index contributed by atoms with van der Waals surface area (Å²) < 4.78 is 20.4. The van der Waals surface area contributed by atoms with Crippen LogP contribution in [0.4, 0.5) is 5.69 Å². The average molecular weight is 420 g/mol. The molecule has 8 nitrogen and oxygen atoms in total. The Morgan fingerprint density at radius 3 is 2.45 bits per heavy atom. The van der Waals surface area contributed by atoms with Crippen molar-refractivity contribution in [2.24, 2.45) is 0 Å². The van der Waals surface area contributed by atoms with Gasteiger partial charge in [0.15, 0.2) is 17.6 Å². The number of hydrogen-bond donors (Lipinski definition) is 1. The fourth-order valence-corrected chi connectivity index (χ4v) is 3.14. The highest BCUT2D eigenvalue weighted by molar-refractivity contribution is 6.31. The summed E-state index contributed by atoms with van der Waals surface area (Å²) in [6, 6.07) is 7.63. The summed E-state index contributed by atoms with van der Waals surface area (Å²) in [6.45, 7) is 0. The molecule has 1 N–H and O–H groups in total. The minimum atomic E-state index is -1.07. The Hall–Kier alpha value is -3.26. The molecule has 0 unspecified atom stereocenters. The molecule has 3 rings (SSSR count). The summed E-state index contributed by atoms with van der Waals surface area (Å²) >= 11 is 5.91. The summed E-state index contributed by atoms with van der Waals surface area (Å²) in [6.07, 6.45) is -0.903. The molecule has 0 saturated carbocycles. The Morgan fingerprint density at radius 2 is 1.79 bits per heavy atom. The molecule has 2 aromatic rings.